The lowest BCUT2D eigenvalue weighted by Crippen LogP contribution is -2.37. The van der Waals surface area contributed by atoms with Crippen LogP contribution in [-0.4, -0.2) is 38.8 Å². The molecule has 70 valence electrons. The molecule has 0 amide bonds. The molecule has 1 rings (SSSR count). The molecule has 0 saturated heterocycles. The van der Waals surface area contributed by atoms with Gasteiger partial charge in [0.15, 0.2) is 0 Å². The monoisotopic (exact) mass is 183 g/mol. The topological polar surface area (TPSA) is 114 Å². The molecule has 0 aromatic carbocycles. The fourth-order valence-electron chi connectivity index (χ4n) is 0.617. The number of nitrogens with one attached hydrogen (secondary N) is 1. The predicted molar refractivity (Wildman–Crippen MR) is 43.9 cm³/mol. The summed E-state index contributed by atoms with van der Waals surface area (Å²) >= 11 is 0. The molecule has 0 saturated carbocycles. The van der Waals surface area contributed by atoms with Crippen LogP contribution < -0.4 is 11.1 Å². The second-order valence-corrected chi connectivity index (χ2v) is 2.29. The molecular weight excluding hydrogens is 174 g/mol. The van der Waals surface area contributed by atoms with Gasteiger partial charge in [0, 0.05) is 6.54 Å². The zero-order chi connectivity index (χ0) is 9.68. The first-order chi connectivity index (χ1) is 6.20. The second-order valence-electron chi connectivity index (χ2n) is 2.29. The molecule has 1 aromatic rings. The third kappa shape index (κ3) is 2.99. The third-order valence-electron chi connectivity index (χ3n) is 1.28. The molecule has 0 radical (unpaired) electrons. The maximum Gasteiger partial charge on any atom is 0.322 e. The van der Waals surface area contributed by atoms with Crippen LogP contribution in [0, 0.1) is 0 Å². The van der Waals surface area contributed by atoms with Gasteiger partial charge in [0.25, 0.3) is 0 Å². The Bertz CT molecular complexity index is 278. The van der Waals surface area contributed by atoms with E-state index in [2.05, 4.69) is 20.5 Å². The number of aromatic nitrogens is 3. The molecule has 0 spiro atoms. The van der Waals surface area contributed by atoms with E-state index in [1.165, 1.54) is 12.4 Å². The van der Waals surface area contributed by atoms with E-state index in [0.717, 1.165) is 0 Å². The smallest absolute Gasteiger partial charge is 0.322 e. The lowest BCUT2D eigenvalue weighted by molar-refractivity contribution is -0.138. The van der Waals surface area contributed by atoms with Gasteiger partial charge in [0.2, 0.25) is 5.95 Å². The van der Waals surface area contributed by atoms with Crippen molar-refractivity contribution in [2.75, 3.05) is 11.9 Å². The van der Waals surface area contributed by atoms with Crippen molar-refractivity contribution in [3.05, 3.63) is 12.4 Å². The first kappa shape index (κ1) is 9.33. The van der Waals surface area contributed by atoms with Gasteiger partial charge in [-0.15, -0.1) is 5.10 Å². The molecular formula is C6H9N5O2. The summed E-state index contributed by atoms with van der Waals surface area (Å²) in [5, 5.41) is 18.2. The van der Waals surface area contributed by atoms with Crippen molar-refractivity contribution in [2.45, 2.75) is 6.04 Å². The average Bonchev–Trinajstić information content (AvgIpc) is 2.15. The van der Waals surface area contributed by atoms with E-state index in [-0.39, 0.29) is 12.5 Å². The summed E-state index contributed by atoms with van der Waals surface area (Å²) in [5.41, 5.74) is 5.23. The number of hydrogen-bond donors (Lipinski definition) is 3. The van der Waals surface area contributed by atoms with Crippen LogP contribution in [-0.2, 0) is 4.79 Å². The summed E-state index contributed by atoms with van der Waals surface area (Å²) in [6, 6.07) is -0.969. The molecule has 1 unspecified atom stereocenters. The Morgan fingerprint density at radius 1 is 1.69 bits per heavy atom. The van der Waals surface area contributed by atoms with Gasteiger partial charge in [-0.25, -0.2) is 4.98 Å². The highest BCUT2D eigenvalue weighted by atomic mass is 16.4. The number of carboxylic acids is 1. The minimum Gasteiger partial charge on any atom is -0.480 e. The molecule has 0 bridgehead atoms. The van der Waals surface area contributed by atoms with Crippen LogP contribution in [0.1, 0.15) is 0 Å². The molecule has 0 fully saturated rings. The van der Waals surface area contributed by atoms with E-state index in [0.29, 0.717) is 0 Å². The first-order valence-corrected chi connectivity index (χ1v) is 3.56. The number of rotatable bonds is 4. The summed E-state index contributed by atoms with van der Waals surface area (Å²) in [6.45, 7) is 0.0705. The van der Waals surface area contributed by atoms with Crippen molar-refractivity contribution in [2.24, 2.45) is 5.73 Å². The molecule has 0 aliphatic carbocycles. The molecule has 1 heterocycles. The zero-order valence-corrected chi connectivity index (χ0v) is 6.71. The number of nitrogens with two attached hydrogens (primary N) is 1. The van der Waals surface area contributed by atoms with Crippen molar-refractivity contribution in [3.63, 3.8) is 0 Å². The van der Waals surface area contributed by atoms with Crippen LogP contribution in [0.2, 0.25) is 0 Å². The summed E-state index contributed by atoms with van der Waals surface area (Å²) in [5.74, 6) is -0.810. The number of hydrogen-bond acceptors (Lipinski definition) is 6. The molecule has 0 aliphatic rings. The van der Waals surface area contributed by atoms with Gasteiger partial charge >= 0.3 is 5.97 Å². The van der Waals surface area contributed by atoms with E-state index < -0.39 is 12.0 Å². The molecule has 13 heavy (non-hydrogen) atoms. The Balaban J connectivity index is 2.39. The van der Waals surface area contributed by atoms with E-state index in [1.807, 2.05) is 0 Å². The van der Waals surface area contributed by atoms with Crippen molar-refractivity contribution >= 4 is 11.9 Å². The summed E-state index contributed by atoms with van der Waals surface area (Å²) in [6.07, 6.45) is 2.87. The SMILES string of the molecule is NC(CNc1nccnn1)C(=O)O. The molecule has 1 aromatic heterocycles. The molecule has 4 N–H and O–H groups in total. The number of anilines is 1. The predicted octanol–water partition coefficient (Wildman–Crippen LogP) is -1.30. The first-order valence-electron chi connectivity index (χ1n) is 3.56. The van der Waals surface area contributed by atoms with Gasteiger partial charge in [-0.3, -0.25) is 4.79 Å². The van der Waals surface area contributed by atoms with E-state index in [9.17, 15) is 4.79 Å². The van der Waals surface area contributed by atoms with Crippen molar-refractivity contribution in [1.29, 1.82) is 0 Å². The van der Waals surface area contributed by atoms with Gasteiger partial charge in [-0.1, -0.05) is 0 Å². The summed E-state index contributed by atoms with van der Waals surface area (Å²) in [4.78, 5) is 14.1. The Hall–Kier alpha value is -1.76. The summed E-state index contributed by atoms with van der Waals surface area (Å²) in [7, 11) is 0. The van der Waals surface area contributed by atoms with Crippen molar-refractivity contribution in [1.82, 2.24) is 15.2 Å². The van der Waals surface area contributed by atoms with Gasteiger partial charge in [-0.05, 0) is 0 Å². The van der Waals surface area contributed by atoms with Gasteiger partial charge < -0.3 is 16.2 Å². The molecule has 0 aliphatic heterocycles. The largest absolute Gasteiger partial charge is 0.480 e. The highest BCUT2D eigenvalue weighted by Crippen LogP contribution is 1.91. The maximum atomic E-state index is 10.3. The Morgan fingerprint density at radius 3 is 3.00 bits per heavy atom. The van der Waals surface area contributed by atoms with E-state index in [4.69, 9.17) is 10.8 Å². The number of carboxylic acid groups (broad SMARTS) is 1. The summed E-state index contributed by atoms with van der Waals surface area (Å²) < 4.78 is 0. The zero-order valence-electron chi connectivity index (χ0n) is 6.71. The number of carbonyl (C=O) groups is 1. The van der Waals surface area contributed by atoms with E-state index in [1.54, 1.807) is 0 Å². The van der Waals surface area contributed by atoms with Crippen LogP contribution >= 0.6 is 0 Å². The van der Waals surface area contributed by atoms with Gasteiger partial charge in [0.05, 0.1) is 12.4 Å². The van der Waals surface area contributed by atoms with Gasteiger partial charge in [-0.2, -0.15) is 5.10 Å². The third-order valence-corrected chi connectivity index (χ3v) is 1.28. The molecule has 1 atom stereocenters. The number of nitrogens with zero attached hydrogens (tertiary/aromatic N) is 3. The minimum absolute atomic E-state index is 0.0705. The lowest BCUT2D eigenvalue weighted by Gasteiger charge is -2.06. The Kier molecular flexibility index (Phi) is 3.09. The van der Waals surface area contributed by atoms with Crippen molar-refractivity contribution in [3.8, 4) is 0 Å². The van der Waals surface area contributed by atoms with Crippen molar-refractivity contribution < 1.29 is 9.90 Å². The highest BCUT2D eigenvalue weighted by molar-refractivity contribution is 5.73. The minimum atomic E-state index is -1.07. The average molecular weight is 183 g/mol. The number of aliphatic carboxylic acids is 1. The van der Waals surface area contributed by atoms with Crippen LogP contribution in [0.25, 0.3) is 0 Å². The van der Waals surface area contributed by atoms with Crippen LogP contribution in [0.4, 0.5) is 5.95 Å². The van der Waals surface area contributed by atoms with E-state index >= 15 is 0 Å². The van der Waals surface area contributed by atoms with Gasteiger partial charge in [0.1, 0.15) is 6.04 Å². The fourth-order valence-corrected chi connectivity index (χ4v) is 0.617. The van der Waals surface area contributed by atoms with Crippen LogP contribution in [0.5, 0.6) is 0 Å². The molecule has 7 heteroatoms. The quantitative estimate of drug-likeness (QED) is 0.531. The maximum absolute atomic E-state index is 10.3. The molecule has 7 nitrogen and oxygen atoms in total. The standard InChI is InChI=1S/C6H9N5O2/c7-4(5(12)13)3-9-6-8-1-2-10-11-6/h1-2,4H,3,7H2,(H,12,13)(H,8,9,11). The normalized spacial score (nSPS) is 12.1. The fraction of sp³-hybridized carbons (Fsp3) is 0.333. The second kappa shape index (κ2) is 4.31. The van der Waals surface area contributed by atoms with Crippen LogP contribution in [0.3, 0.4) is 0 Å². The Labute approximate surface area is 74.0 Å². The lowest BCUT2D eigenvalue weighted by atomic mass is 10.3. The van der Waals surface area contributed by atoms with Crippen LogP contribution in [0.15, 0.2) is 12.4 Å². The Morgan fingerprint density at radius 2 is 2.46 bits per heavy atom. The highest BCUT2D eigenvalue weighted by Gasteiger charge is 2.10.